The second-order valence-corrected chi connectivity index (χ2v) is 9.90. The highest BCUT2D eigenvalue weighted by atomic mass is 31.2. The summed E-state index contributed by atoms with van der Waals surface area (Å²) in [5, 5.41) is 12.4. The van der Waals surface area contributed by atoms with Crippen LogP contribution in [0.25, 0.3) is 0 Å². The number of phosphoric ester groups is 1. The molecule has 5 N–H and O–H groups in total. The van der Waals surface area contributed by atoms with Crippen LogP contribution in [0.3, 0.4) is 0 Å². The highest BCUT2D eigenvalue weighted by Gasteiger charge is 2.41. The lowest BCUT2D eigenvalue weighted by Crippen LogP contribution is -2.33. The van der Waals surface area contributed by atoms with E-state index in [-0.39, 0.29) is 30.9 Å². The van der Waals surface area contributed by atoms with Crippen LogP contribution in [0.5, 0.6) is 0 Å². The summed E-state index contributed by atoms with van der Waals surface area (Å²) in [5.41, 5.74) is -0.195. The van der Waals surface area contributed by atoms with Gasteiger partial charge in [-0.2, -0.15) is 0 Å². The van der Waals surface area contributed by atoms with E-state index in [0.717, 1.165) is 29.5 Å². The molecule has 0 bridgehead atoms. The first-order valence-corrected chi connectivity index (χ1v) is 13.2. The third-order valence-corrected chi connectivity index (χ3v) is 6.68. The molecule has 1 amide bonds. The van der Waals surface area contributed by atoms with Crippen molar-refractivity contribution in [3.63, 3.8) is 0 Å². The van der Waals surface area contributed by atoms with Crippen molar-refractivity contribution in [3.8, 4) is 0 Å². The van der Waals surface area contributed by atoms with Crippen molar-refractivity contribution in [2.45, 2.75) is 63.9 Å². The van der Waals surface area contributed by atoms with E-state index in [0.29, 0.717) is 13.0 Å². The number of aliphatic hydroxyl groups is 1. The highest BCUT2D eigenvalue weighted by molar-refractivity contribution is 7.47. The van der Waals surface area contributed by atoms with Crippen LogP contribution in [0.15, 0.2) is 28.3 Å². The zero-order valence-corrected chi connectivity index (χ0v) is 20.8. The van der Waals surface area contributed by atoms with E-state index < -0.39 is 44.1 Å². The summed E-state index contributed by atoms with van der Waals surface area (Å²) >= 11 is 0. The summed E-state index contributed by atoms with van der Waals surface area (Å²) in [6.07, 6.45) is 4.60. The second kappa shape index (κ2) is 13.1. The number of aromatic amines is 2. The summed E-state index contributed by atoms with van der Waals surface area (Å²) in [7, 11) is -4.44. The van der Waals surface area contributed by atoms with Crippen molar-refractivity contribution >= 4 is 13.7 Å². The molecule has 1 aliphatic rings. The van der Waals surface area contributed by atoms with Gasteiger partial charge in [0, 0.05) is 36.6 Å². The molecule has 14 nitrogen and oxygen atoms in total. The number of phosphoric acid groups is 1. The molecule has 1 saturated heterocycles. The second-order valence-electron chi connectivity index (χ2n) is 8.49. The van der Waals surface area contributed by atoms with Crippen LogP contribution in [-0.4, -0.2) is 67.4 Å². The van der Waals surface area contributed by atoms with Gasteiger partial charge in [-0.15, -0.1) is 0 Å². The first-order chi connectivity index (χ1) is 17.2. The highest BCUT2D eigenvalue weighted by Crippen LogP contribution is 2.48. The molecule has 0 radical (unpaired) electrons. The molecule has 1 aliphatic heterocycles. The number of nitrogens with one attached hydrogen (secondary N) is 3. The fourth-order valence-electron chi connectivity index (χ4n) is 3.75. The van der Waals surface area contributed by atoms with Crippen LogP contribution >= 0.6 is 7.82 Å². The molecular formula is C21H32N5O9P. The van der Waals surface area contributed by atoms with Gasteiger partial charge in [0.05, 0.1) is 26.0 Å². The molecule has 0 aromatic carbocycles. The predicted octanol–water partition coefficient (Wildman–Crippen LogP) is 0.269. The first-order valence-electron chi connectivity index (χ1n) is 11.7. The molecule has 4 atom stereocenters. The summed E-state index contributed by atoms with van der Waals surface area (Å²) in [5.74, 6) is -0.0965. The van der Waals surface area contributed by atoms with Crippen molar-refractivity contribution in [2.75, 3.05) is 19.8 Å². The Hall–Kier alpha value is -2.61. The predicted molar refractivity (Wildman–Crippen MR) is 126 cm³/mol. The number of ether oxygens (including phenoxy) is 1. The maximum absolute atomic E-state index is 12.4. The van der Waals surface area contributed by atoms with Crippen molar-refractivity contribution in [1.29, 1.82) is 0 Å². The van der Waals surface area contributed by atoms with Gasteiger partial charge in [-0.25, -0.2) is 14.3 Å². The number of aliphatic hydroxyl groups excluding tert-OH is 1. The number of nitrogens with zero attached hydrogens (tertiary/aromatic N) is 2. The quantitative estimate of drug-likeness (QED) is 0.167. The lowest BCUT2D eigenvalue weighted by Gasteiger charge is -2.19. The lowest BCUT2D eigenvalue weighted by molar-refractivity contribution is -0.120. The molecule has 0 spiro atoms. The Morgan fingerprint density at radius 3 is 2.83 bits per heavy atom. The topological polar surface area (TPSA) is 198 Å². The monoisotopic (exact) mass is 529 g/mol. The van der Waals surface area contributed by atoms with Gasteiger partial charge in [-0.1, -0.05) is 12.8 Å². The Morgan fingerprint density at radius 2 is 2.11 bits per heavy atom. The first kappa shape index (κ1) is 28.0. The molecule has 0 saturated carbocycles. The van der Waals surface area contributed by atoms with Crippen LogP contribution < -0.4 is 16.6 Å². The number of unbranched alkanes of at least 4 members (excludes halogenated alkanes) is 3. The number of aromatic nitrogens is 4. The van der Waals surface area contributed by atoms with Gasteiger partial charge in [0.1, 0.15) is 18.4 Å². The molecule has 15 heteroatoms. The van der Waals surface area contributed by atoms with Crippen molar-refractivity contribution in [2.24, 2.45) is 0 Å². The van der Waals surface area contributed by atoms with Crippen molar-refractivity contribution in [1.82, 2.24) is 24.8 Å². The largest absolute Gasteiger partial charge is 0.472 e. The Balaban J connectivity index is 1.35. The van der Waals surface area contributed by atoms with E-state index in [1.165, 1.54) is 19.4 Å². The number of aryl methyl sites for hydroxylation is 1. The van der Waals surface area contributed by atoms with E-state index in [4.69, 9.17) is 13.8 Å². The number of carbonyl (C=O) groups is 1. The zero-order valence-electron chi connectivity index (χ0n) is 19.9. The maximum Gasteiger partial charge on any atom is 0.472 e. The van der Waals surface area contributed by atoms with E-state index in [9.17, 15) is 28.9 Å². The number of rotatable bonds is 14. The molecule has 2 aromatic heterocycles. The number of H-pyrrole nitrogens is 2. The van der Waals surface area contributed by atoms with Crippen molar-refractivity contribution < 1.29 is 33.1 Å². The third-order valence-electron chi connectivity index (χ3n) is 5.64. The van der Waals surface area contributed by atoms with Gasteiger partial charge in [0.25, 0.3) is 5.56 Å². The average Bonchev–Trinajstić information content (AvgIpc) is 3.47. The number of amides is 1. The molecule has 1 fully saturated rings. The molecule has 0 aliphatic carbocycles. The van der Waals surface area contributed by atoms with E-state index >= 15 is 0 Å². The van der Waals surface area contributed by atoms with Gasteiger partial charge in [0.15, 0.2) is 0 Å². The third kappa shape index (κ3) is 8.22. The molecule has 3 heterocycles. The number of imidazole rings is 1. The Bertz CT molecular complexity index is 1150. The average molecular weight is 529 g/mol. The SMILES string of the molecule is Cc1cn([C@H]2C[C@H](OP(=O)(O)OCCCCCCNC(=O)Cc3cnc[nH]3)[C@@H](CO)O2)c(=O)[nH]c1=O. The van der Waals surface area contributed by atoms with Gasteiger partial charge in [0.2, 0.25) is 5.91 Å². The normalized spacial score (nSPS) is 21.4. The number of hydrogen-bond acceptors (Lipinski definition) is 9. The zero-order chi connectivity index (χ0) is 26.1. The lowest BCUT2D eigenvalue weighted by atomic mass is 10.2. The van der Waals surface area contributed by atoms with E-state index in [2.05, 4.69) is 20.3 Å². The van der Waals surface area contributed by atoms with Crippen LogP contribution in [0.1, 0.15) is 49.6 Å². The minimum Gasteiger partial charge on any atom is -0.394 e. The standard InChI is InChI=1S/C21H32N5O9P/c1-14-11-26(21(30)25-20(14)29)19-9-16(17(12-27)34-19)35-36(31,32)33-7-5-3-2-4-6-23-18(28)8-15-10-22-13-24-15/h10-11,13,16-17,19,27H,2-9,12H2,1H3,(H,22,24)(H,23,28)(H,31,32)(H,25,29,30)/t16-,17+,19+/m0/s1. The van der Waals surface area contributed by atoms with Crippen LogP contribution in [-0.2, 0) is 29.6 Å². The number of hydrogen-bond donors (Lipinski definition) is 5. The fourth-order valence-corrected chi connectivity index (χ4v) is 4.74. The van der Waals surface area contributed by atoms with Crippen LogP contribution in [0, 0.1) is 6.92 Å². The molecule has 2 aromatic rings. The summed E-state index contributed by atoms with van der Waals surface area (Å²) in [6.45, 7) is 1.53. The molecule has 36 heavy (non-hydrogen) atoms. The Labute approximate surface area is 206 Å². The van der Waals surface area contributed by atoms with Gasteiger partial charge in [-0.05, 0) is 19.8 Å². The molecule has 1 unspecified atom stereocenters. The summed E-state index contributed by atoms with van der Waals surface area (Å²) in [4.78, 5) is 54.4. The molecule has 3 rings (SSSR count). The fraction of sp³-hybridized carbons (Fsp3) is 0.619. The van der Waals surface area contributed by atoms with Gasteiger partial charge >= 0.3 is 13.5 Å². The smallest absolute Gasteiger partial charge is 0.394 e. The van der Waals surface area contributed by atoms with Gasteiger partial charge < -0.3 is 25.0 Å². The molecular weight excluding hydrogens is 497 g/mol. The van der Waals surface area contributed by atoms with Crippen molar-refractivity contribution in [3.05, 3.63) is 50.8 Å². The van der Waals surface area contributed by atoms with Crippen LogP contribution in [0.4, 0.5) is 0 Å². The maximum atomic E-state index is 12.4. The number of carbonyl (C=O) groups excluding carboxylic acids is 1. The summed E-state index contributed by atoms with van der Waals surface area (Å²) < 4.78 is 29.4. The summed E-state index contributed by atoms with van der Waals surface area (Å²) in [6, 6.07) is 0. The van der Waals surface area contributed by atoms with Gasteiger partial charge in [-0.3, -0.25) is 28.2 Å². The Kier molecular flexibility index (Phi) is 10.2. The minimum absolute atomic E-state index is 0.00335. The minimum atomic E-state index is -4.44. The van der Waals surface area contributed by atoms with Crippen LogP contribution in [0.2, 0.25) is 0 Å². The molecule has 200 valence electrons. The van der Waals surface area contributed by atoms with E-state index in [1.807, 2.05) is 0 Å². The Morgan fingerprint density at radius 1 is 1.33 bits per heavy atom. The van der Waals surface area contributed by atoms with E-state index in [1.54, 1.807) is 6.20 Å².